The highest BCUT2D eigenvalue weighted by atomic mass is 16.5. The van der Waals surface area contributed by atoms with Crippen LogP contribution in [0.1, 0.15) is 30.1 Å². The normalized spacial score (nSPS) is 22.0. The Morgan fingerprint density at radius 3 is 2.90 bits per heavy atom. The van der Waals surface area contributed by atoms with Crippen LogP contribution in [0.15, 0.2) is 24.3 Å². The predicted molar refractivity (Wildman–Crippen MR) is 75.4 cm³/mol. The van der Waals surface area contributed by atoms with Crippen molar-refractivity contribution in [2.45, 2.75) is 25.9 Å². The van der Waals surface area contributed by atoms with E-state index in [0.717, 1.165) is 18.4 Å². The van der Waals surface area contributed by atoms with Gasteiger partial charge in [0, 0.05) is 6.61 Å². The van der Waals surface area contributed by atoms with Crippen LogP contribution in [0.25, 0.3) is 0 Å². The average Bonchev–Trinajstić information content (AvgIpc) is 3.01. The van der Waals surface area contributed by atoms with Crippen LogP contribution in [0.3, 0.4) is 0 Å². The zero-order chi connectivity index (χ0) is 14.7. The van der Waals surface area contributed by atoms with E-state index in [9.17, 15) is 4.79 Å². The number of amides is 1. The molecule has 2 heterocycles. The van der Waals surface area contributed by atoms with Gasteiger partial charge in [-0.3, -0.25) is 10.1 Å². The Balaban J connectivity index is 1.77. The summed E-state index contributed by atoms with van der Waals surface area (Å²) in [5.74, 6) is -0.199. The second-order valence-electron chi connectivity index (χ2n) is 5.18. The lowest BCUT2D eigenvalue weighted by molar-refractivity contribution is -0.129. The number of hydrogen-bond donors (Lipinski definition) is 2. The van der Waals surface area contributed by atoms with Gasteiger partial charge in [0.05, 0.1) is 12.0 Å². The Morgan fingerprint density at radius 2 is 2.19 bits per heavy atom. The van der Waals surface area contributed by atoms with E-state index in [-0.39, 0.29) is 23.9 Å². The molecule has 0 aliphatic carbocycles. The van der Waals surface area contributed by atoms with Crippen molar-refractivity contribution < 1.29 is 9.53 Å². The number of aromatic nitrogens is 4. The van der Waals surface area contributed by atoms with Gasteiger partial charge in [-0.15, -0.1) is 5.10 Å². The molecule has 2 atom stereocenters. The first-order valence-electron chi connectivity index (χ1n) is 6.96. The molecular weight excluding hydrogens is 270 g/mol. The van der Waals surface area contributed by atoms with Gasteiger partial charge in [0.1, 0.15) is 0 Å². The van der Waals surface area contributed by atoms with Gasteiger partial charge >= 0.3 is 0 Å². The summed E-state index contributed by atoms with van der Waals surface area (Å²) in [6.45, 7) is 2.70. The minimum absolute atomic E-state index is 0.137. The van der Waals surface area contributed by atoms with E-state index in [4.69, 9.17) is 4.74 Å². The fourth-order valence-corrected chi connectivity index (χ4v) is 2.55. The number of aryl methyl sites for hydroxylation is 1. The fourth-order valence-electron chi connectivity index (χ4n) is 2.55. The van der Waals surface area contributed by atoms with Gasteiger partial charge in [-0.05, 0) is 30.5 Å². The summed E-state index contributed by atoms with van der Waals surface area (Å²) in [4.78, 5) is 12.4. The molecule has 0 radical (unpaired) electrons. The van der Waals surface area contributed by atoms with Gasteiger partial charge < -0.3 is 4.74 Å². The minimum atomic E-state index is -0.250. The van der Waals surface area contributed by atoms with Crippen LogP contribution >= 0.6 is 0 Å². The molecule has 1 aromatic heterocycles. The van der Waals surface area contributed by atoms with E-state index in [0.29, 0.717) is 6.61 Å². The molecule has 1 saturated heterocycles. The van der Waals surface area contributed by atoms with Crippen molar-refractivity contribution in [1.29, 1.82) is 0 Å². The first-order chi connectivity index (χ1) is 10.2. The molecule has 1 amide bonds. The van der Waals surface area contributed by atoms with E-state index in [1.54, 1.807) is 0 Å². The van der Waals surface area contributed by atoms with Crippen molar-refractivity contribution in [2.24, 2.45) is 5.92 Å². The number of tetrazole rings is 1. The van der Waals surface area contributed by atoms with E-state index in [2.05, 4.69) is 25.9 Å². The Bertz CT molecular complexity index is 596. The highest BCUT2D eigenvalue weighted by Gasteiger charge is 2.33. The number of rotatable bonds is 3. The van der Waals surface area contributed by atoms with Crippen molar-refractivity contribution in [1.82, 2.24) is 20.6 Å². The Morgan fingerprint density at radius 1 is 1.38 bits per heavy atom. The maximum Gasteiger partial charge on any atom is 0.269 e. The SMILES string of the molecule is Cc1ccc([C@@H]2OCCC[C@@H]2C(=O)Nc2nn[nH]n2)cc1. The van der Waals surface area contributed by atoms with Gasteiger partial charge in [0.25, 0.3) is 5.95 Å². The molecular formula is C14H17N5O2. The second-order valence-corrected chi connectivity index (χ2v) is 5.18. The molecule has 0 bridgehead atoms. The number of carbonyl (C=O) groups is 1. The molecule has 110 valence electrons. The molecule has 3 rings (SSSR count). The highest BCUT2D eigenvalue weighted by molar-refractivity contribution is 5.91. The van der Waals surface area contributed by atoms with Crippen molar-refractivity contribution in [2.75, 3.05) is 11.9 Å². The Hall–Kier alpha value is -2.28. The number of H-pyrrole nitrogens is 1. The molecule has 7 heteroatoms. The summed E-state index contributed by atoms with van der Waals surface area (Å²) in [5, 5.41) is 15.9. The van der Waals surface area contributed by atoms with Crippen LogP contribution in [0, 0.1) is 12.8 Å². The number of anilines is 1. The number of carbonyl (C=O) groups excluding carboxylic acids is 1. The number of ether oxygens (including phenoxy) is 1. The van der Waals surface area contributed by atoms with Gasteiger partial charge in [-0.25, -0.2) is 0 Å². The summed E-state index contributed by atoms with van der Waals surface area (Å²) in [7, 11) is 0. The van der Waals surface area contributed by atoms with Gasteiger partial charge in [-0.2, -0.15) is 5.21 Å². The monoisotopic (exact) mass is 287 g/mol. The molecule has 7 nitrogen and oxygen atoms in total. The van der Waals surface area contributed by atoms with Crippen LogP contribution in [-0.4, -0.2) is 33.1 Å². The molecule has 2 aromatic rings. The third-order valence-corrected chi connectivity index (χ3v) is 3.65. The number of nitrogens with zero attached hydrogens (tertiary/aromatic N) is 3. The average molecular weight is 287 g/mol. The second kappa shape index (κ2) is 6.01. The third kappa shape index (κ3) is 3.08. The quantitative estimate of drug-likeness (QED) is 0.894. The summed E-state index contributed by atoms with van der Waals surface area (Å²) in [5.41, 5.74) is 2.20. The number of aromatic amines is 1. The van der Waals surface area contributed by atoms with E-state index in [1.807, 2.05) is 31.2 Å². The molecule has 1 fully saturated rings. The van der Waals surface area contributed by atoms with Crippen molar-refractivity contribution >= 4 is 11.9 Å². The molecule has 1 aromatic carbocycles. The topological polar surface area (TPSA) is 92.8 Å². The molecule has 2 N–H and O–H groups in total. The molecule has 0 saturated carbocycles. The van der Waals surface area contributed by atoms with Crippen molar-refractivity contribution in [3.05, 3.63) is 35.4 Å². The van der Waals surface area contributed by atoms with Crippen LogP contribution < -0.4 is 5.32 Å². The molecule has 21 heavy (non-hydrogen) atoms. The zero-order valence-corrected chi connectivity index (χ0v) is 11.7. The summed E-state index contributed by atoms with van der Waals surface area (Å²) in [6, 6.07) is 8.09. The van der Waals surface area contributed by atoms with Crippen LogP contribution in [0.5, 0.6) is 0 Å². The lowest BCUT2D eigenvalue weighted by atomic mass is 9.88. The molecule has 1 aliphatic rings. The Labute approximate surface area is 122 Å². The predicted octanol–water partition coefficient (Wildman–Crippen LogP) is 1.61. The van der Waals surface area contributed by atoms with Gasteiger partial charge in [0.2, 0.25) is 5.91 Å². The lowest BCUT2D eigenvalue weighted by Crippen LogP contribution is -2.33. The van der Waals surface area contributed by atoms with E-state index >= 15 is 0 Å². The van der Waals surface area contributed by atoms with Gasteiger partial charge in [-0.1, -0.05) is 34.9 Å². The van der Waals surface area contributed by atoms with Crippen molar-refractivity contribution in [3.8, 4) is 0 Å². The smallest absolute Gasteiger partial charge is 0.269 e. The standard InChI is InChI=1S/C14H17N5O2/c1-9-4-6-10(7-5-9)12-11(3-2-8-21-12)13(20)15-14-16-18-19-17-14/h4-7,11-12H,2-3,8H2,1H3,(H2,15,16,17,18,19,20)/t11-,12-/m0/s1. The highest BCUT2D eigenvalue weighted by Crippen LogP contribution is 2.34. The zero-order valence-electron chi connectivity index (χ0n) is 11.7. The van der Waals surface area contributed by atoms with Crippen LogP contribution in [0.2, 0.25) is 0 Å². The molecule has 0 spiro atoms. The van der Waals surface area contributed by atoms with E-state index < -0.39 is 0 Å². The lowest BCUT2D eigenvalue weighted by Gasteiger charge is -2.30. The maximum absolute atomic E-state index is 12.4. The number of nitrogens with one attached hydrogen (secondary N) is 2. The summed E-state index contributed by atoms with van der Waals surface area (Å²) < 4.78 is 5.83. The van der Waals surface area contributed by atoms with Crippen LogP contribution in [0.4, 0.5) is 5.95 Å². The molecule has 1 aliphatic heterocycles. The largest absolute Gasteiger partial charge is 0.373 e. The maximum atomic E-state index is 12.4. The Kier molecular flexibility index (Phi) is 3.92. The van der Waals surface area contributed by atoms with Gasteiger partial charge in [0.15, 0.2) is 0 Å². The minimum Gasteiger partial charge on any atom is -0.373 e. The third-order valence-electron chi connectivity index (χ3n) is 3.65. The number of hydrogen-bond acceptors (Lipinski definition) is 5. The fraction of sp³-hybridized carbons (Fsp3) is 0.429. The van der Waals surface area contributed by atoms with Crippen molar-refractivity contribution in [3.63, 3.8) is 0 Å². The summed E-state index contributed by atoms with van der Waals surface area (Å²) >= 11 is 0. The van der Waals surface area contributed by atoms with Crippen LogP contribution in [-0.2, 0) is 9.53 Å². The first kappa shape index (κ1) is 13.7. The molecule has 0 unspecified atom stereocenters. The van der Waals surface area contributed by atoms with E-state index in [1.165, 1.54) is 5.56 Å². The first-order valence-corrected chi connectivity index (χ1v) is 6.96. The number of benzene rings is 1. The summed E-state index contributed by atoms with van der Waals surface area (Å²) in [6.07, 6.45) is 1.42.